The van der Waals surface area contributed by atoms with E-state index in [1.807, 2.05) is 36.5 Å². The predicted molar refractivity (Wildman–Crippen MR) is 120 cm³/mol. The Morgan fingerprint density at radius 1 is 1.06 bits per heavy atom. The summed E-state index contributed by atoms with van der Waals surface area (Å²) in [7, 11) is -3.72. The molecule has 0 unspecified atom stereocenters. The lowest BCUT2D eigenvalue weighted by molar-refractivity contribution is -0.116. The van der Waals surface area contributed by atoms with Crippen molar-refractivity contribution in [2.24, 2.45) is 0 Å². The summed E-state index contributed by atoms with van der Waals surface area (Å²) in [6, 6.07) is 15.7. The maximum absolute atomic E-state index is 12.4. The second kappa shape index (κ2) is 9.11. The van der Waals surface area contributed by atoms with Gasteiger partial charge in [0.15, 0.2) is 5.13 Å². The Bertz CT molecular complexity index is 1250. The average Bonchev–Trinajstić information content (AvgIpc) is 3.45. The monoisotopic (exact) mass is 453 g/mol. The summed E-state index contributed by atoms with van der Waals surface area (Å²) >= 11 is 1.20. The molecule has 2 aromatic carbocycles. The molecular weight excluding hydrogens is 434 g/mol. The second-order valence-electron chi connectivity index (χ2n) is 6.64. The molecule has 4 aromatic rings. The van der Waals surface area contributed by atoms with Gasteiger partial charge < -0.3 is 5.32 Å². The molecule has 0 saturated carbocycles. The summed E-state index contributed by atoms with van der Waals surface area (Å²) in [5.74, 6) is -0.163. The Hall–Kier alpha value is -3.50. The number of hydrogen-bond donors (Lipinski definition) is 2. The topological polar surface area (TPSA) is 106 Å². The molecular formula is C21H19N5O3S2. The van der Waals surface area contributed by atoms with Crippen molar-refractivity contribution in [2.75, 3.05) is 10.0 Å². The fourth-order valence-electron chi connectivity index (χ4n) is 2.86. The van der Waals surface area contributed by atoms with Gasteiger partial charge in [-0.3, -0.25) is 9.52 Å². The molecule has 31 heavy (non-hydrogen) atoms. The van der Waals surface area contributed by atoms with Gasteiger partial charge in [0.2, 0.25) is 5.91 Å². The van der Waals surface area contributed by atoms with E-state index in [9.17, 15) is 13.2 Å². The Morgan fingerprint density at radius 3 is 2.55 bits per heavy atom. The van der Waals surface area contributed by atoms with Gasteiger partial charge in [-0.1, -0.05) is 18.2 Å². The smallest absolute Gasteiger partial charge is 0.263 e. The molecule has 158 valence electrons. The molecule has 2 aromatic heterocycles. The first-order valence-electron chi connectivity index (χ1n) is 9.41. The van der Waals surface area contributed by atoms with Crippen molar-refractivity contribution in [3.63, 3.8) is 0 Å². The number of aryl methyl sites for hydroxylation is 1. The van der Waals surface area contributed by atoms with Gasteiger partial charge in [-0.05, 0) is 48.4 Å². The van der Waals surface area contributed by atoms with Crippen LogP contribution in [0.3, 0.4) is 0 Å². The Morgan fingerprint density at radius 2 is 1.84 bits per heavy atom. The van der Waals surface area contributed by atoms with E-state index in [2.05, 4.69) is 20.1 Å². The normalized spacial score (nSPS) is 11.2. The molecule has 0 aliphatic rings. The number of sulfonamides is 1. The number of carbonyl (C=O) groups excluding carboxylic acids is 1. The van der Waals surface area contributed by atoms with Crippen molar-refractivity contribution in [1.29, 1.82) is 0 Å². The third-order valence-corrected chi connectivity index (χ3v) is 6.57. The van der Waals surface area contributed by atoms with E-state index in [0.717, 1.165) is 11.3 Å². The van der Waals surface area contributed by atoms with Crippen LogP contribution in [0.4, 0.5) is 10.8 Å². The standard InChI is InChI=1S/C21H19N5O3S2/c27-20(11-6-16-14-23-26(15-16)18-4-2-1-3-5-18)24-17-7-9-19(10-8-17)31(28,29)25-21-22-12-13-30-21/h1-5,7-10,12-15H,6,11H2,(H,22,25)(H,24,27). The number of aromatic nitrogens is 3. The molecule has 0 bridgehead atoms. The van der Waals surface area contributed by atoms with Gasteiger partial charge in [-0.2, -0.15) is 5.10 Å². The highest BCUT2D eigenvalue weighted by molar-refractivity contribution is 7.93. The lowest BCUT2D eigenvalue weighted by atomic mass is 10.2. The molecule has 0 fully saturated rings. The van der Waals surface area contributed by atoms with Gasteiger partial charge in [-0.15, -0.1) is 11.3 Å². The largest absolute Gasteiger partial charge is 0.326 e. The molecule has 0 radical (unpaired) electrons. The summed E-state index contributed by atoms with van der Waals surface area (Å²) in [6.45, 7) is 0. The molecule has 10 heteroatoms. The third kappa shape index (κ3) is 5.36. The van der Waals surface area contributed by atoms with Crippen LogP contribution >= 0.6 is 11.3 Å². The zero-order valence-electron chi connectivity index (χ0n) is 16.3. The molecule has 2 N–H and O–H groups in total. The number of nitrogens with one attached hydrogen (secondary N) is 2. The zero-order valence-corrected chi connectivity index (χ0v) is 17.9. The molecule has 0 saturated heterocycles. The molecule has 8 nitrogen and oxygen atoms in total. The summed E-state index contributed by atoms with van der Waals surface area (Å²) in [5, 5.41) is 9.09. The van der Waals surface area contributed by atoms with E-state index >= 15 is 0 Å². The Balaban J connectivity index is 1.31. The highest BCUT2D eigenvalue weighted by Gasteiger charge is 2.15. The van der Waals surface area contributed by atoms with Crippen LogP contribution in [0.5, 0.6) is 0 Å². The number of benzene rings is 2. The average molecular weight is 454 g/mol. The Kier molecular flexibility index (Phi) is 6.10. The van der Waals surface area contributed by atoms with Gasteiger partial charge in [0.05, 0.1) is 16.8 Å². The number of para-hydroxylation sites is 1. The Labute approximate surface area is 183 Å². The van der Waals surface area contributed by atoms with E-state index in [0.29, 0.717) is 17.2 Å². The minimum absolute atomic E-state index is 0.0917. The fourth-order valence-corrected chi connectivity index (χ4v) is 4.65. The van der Waals surface area contributed by atoms with Crippen LogP contribution in [0.15, 0.2) is 83.5 Å². The van der Waals surface area contributed by atoms with Gasteiger partial charge in [-0.25, -0.2) is 18.1 Å². The van der Waals surface area contributed by atoms with Crippen LogP contribution in [0, 0.1) is 0 Å². The number of carbonyl (C=O) groups is 1. The zero-order chi connectivity index (χ0) is 21.7. The first-order chi connectivity index (χ1) is 15.0. The minimum atomic E-state index is -3.72. The van der Waals surface area contributed by atoms with Crippen LogP contribution < -0.4 is 10.0 Å². The second-order valence-corrected chi connectivity index (χ2v) is 9.22. The van der Waals surface area contributed by atoms with Crippen molar-refractivity contribution in [3.05, 3.63) is 84.1 Å². The maximum Gasteiger partial charge on any atom is 0.263 e. The number of rotatable bonds is 8. The van der Waals surface area contributed by atoms with Crippen LogP contribution in [0.1, 0.15) is 12.0 Å². The first-order valence-corrected chi connectivity index (χ1v) is 11.8. The molecule has 0 aliphatic heterocycles. The van der Waals surface area contributed by atoms with Gasteiger partial charge in [0, 0.05) is 29.9 Å². The van der Waals surface area contributed by atoms with Gasteiger partial charge in [0.1, 0.15) is 0 Å². The molecule has 0 aliphatic carbocycles. The lowest BCUT2D eigenvalue weighted by Crippen LogP contribution is -2.14. The van der Waals surface area contributed by atoms with E-state index in [1.165, 1.54) is 29.7 Å². The molecule has 2 heterocycles. The summed E-state index contributed by atoms with van der Waals surface area (Å²) in [6.07, 6.45) is 6.00. The van der Waals surface area contributed by atoms with Crippen molar-refractivity contribution in [1.82, 2.24) is 14.8 Å². The molecule has 0 spiro atoms. The van der Waals surface area contributed by atoms with E-state index in [4.69, 9.17) is 0 Å². The molecule has 4 rings (SSSR count). The number of nitrogens with zero attached hydrogens (tertiary/aromatic N) is 3. The molecule has 0 atom stereocenters. The van der Waals surface area contributed by atoms with Gasteiger partial charge in [0.25, 0.3) is 10.0 Å². The number of anilines is 2. The van der Waals surface area contributed by atoms with Crippen molar-refractivity contribution in [3.8, 4) is 5.69 Å². The third-order valence-electron chi connectivity index (χ3n) is 4.40. The lowest BCUT2D eigenvalue weighted by Gasteiger charge is -2.08. The van der Waals surface area contributed by atoms with Gasteiger partial charge >= 0.3 is 0 Å². The van der Waals surface area contributed by atoms with Crippen LogP contribution in [-0.2, 0) is 21.2 Å². The van der Waals surface area contributed by atoms with Crippen LogP contribution in [0.25, 0.3) is 5.69 Å². The van der Waals surface area contributed by atoms with Crippen molar-refractivity contribution < 1.29 is 13.2 Å². The quantitative estimate of drug-likeness (QED) is 0.423. The fraction of sp³-hybridized carbons (Fsp3) is 0.0952. The van der Waals surface area contributed by atoms with Crippen molar-refractivity contribution >= 4 is 38.1 Å². The van der Waals surface area contributed by atoms with Crippen LogP contribution in [-0.4, -0.2) is 29.1 Å². The van der Waals surface area contributed by atoms with E-state index in [1.54, 1.807) is 28.4 Å². The maximum atomic E-state index is 12.4. The number of thiazole rings is 1. The minimum Gasteiger partial charge on any atom is -0.326 e. The summed E-state index contributed by atoms with van der Waals surface area (Å²) in [5.41, 5.74) is 2.43. The molecule has 1 amide bonds. The predicted octanol–water partition coefficient (Wildman–Crippen LogP) is 3.70. The highest BCUT2D eigenvalue weighted by atomic mass is 32.2. The number of hydrogen-bond acceptors (Lipinski definition) is 6. The highest BCUT2D eigenvalue weighted by Crippen LogP contribution is 2.20. The van der Waals surface area contributed by atoms with Crippen molar-refractivity contribution in [2.45, 2.75) is 17.7 Å². The summed E-state index contributed by atoms with van der Waals surface area (Å²) in [4.78, 5) is 16.3. The van der Waals surface area contributed by atoms with Crippen LogP contribution in [0.2, 0.25) is 0 Å². The SMILES string of the molecule is O=C(CCc1cnn(-c2ccccc2)c1)Nc1ccc(S(=O)(=O)Nc2nccs2)cc1. The van der Waals surface area contributed by atoms with E-state index < -0.39 is 10.0 Å². The summed E-state index contributed by atoms with van der Waals surface area (Å²) < 4.78 is 28.9. The van der Waals surface area contributed by atoms with E-state index in [-0.39, 0.29) is 17.2 Å². The number of amides is 1. The first kappa shape index (κ1) is 20.8.